The summed E-state index contributed by atoms with van der Waals surface area (Å²) in [6.45, 7) is 5.46. The highest BCUT2D eigenvalue weighted by molar-refractivity contribution is 9.10. The zero-order valence-electron chi connectivity index (χ0n) is 17.0. The van der Waals surface area contributed by atoms with Crippen LogP contribution in [0.4, 0.5) is 0 Å². The summed E-state index contributed by atoms with van der Waals surface area (Å²) < 4.78 is 43.6. The molecule has 29 heavy (non-hydrogen) atoms. The Morgan fingerprint density at radius 3 is 2.34 bits per heavy atom. The number of carbonyl (C=O) groups excluding carboxylic acids is 1. The first kappa shape index (κ1) is 23.2. The second kappa shape index (κ2) is 9.19. The zero-order valence-corrected chi connectivity index (χ0v) is 19.4. The van der Waals surface area contributed by atoms with E-state index in [1.807, 2.05) is 6.07 Å². The minimum atomic E-state index is -3.84. The summed E-state index contributed by atoms with van der Waals surface area (Å²) in [5.74, 6) is 0.606. The molecule has 0 saturated carbocycles. The van der Waals surface area contributed by atoms with E-state index in [1.165, 1.54) is 12.1 Å². The normalized spacial score (nSPS) is 11.9. The van der Waals surface area contributed by atoms with Gasteiger partial charge in [-0.2, -0.15) is 0 Å². The predicted octanol–water partition coefficient (Wildman–Crippen LogP) is 3.11. The Morgan fingerprint density at radius 1 is 1.14 bits per heavy atom. The summed E-state index contributed by atoms with van der Waals surface area (Å²) in [4.78, 5) is 12.3. The Balaban J connectivity index is 2.02. The van der Waals surface area contributed by atoms with Gasteiger partial charge in [0.15, 0.2) is 17.3 Å². The average Bonchev–Trinajstić information content (AvgIpc) is 3.12. The first-order valence-corrected chi connectivity index (χ1v) is 11.1. The van der Waals surface area contributed by atoms with Crippen LogP contribution in [-0.4, -0.2) is 40.6 Å². The smallest absolute Gasteiger partial charge is 0.287 e. The molecule has 160 valence electrons. The number of sulfonamides is 1. The highest BCUT2D eigenvalue weighted by atomic mass is 79.9. The molecule has 0 fully saturated rings. The van der Waals surface area contributed by atoms with Gasteiger partial charge in [-0.05, 0) is 57.0 Å². The molecular weight excluding hydrogens is 464 g/mol. The maximum atomic E-state index is 12.3. The van der Waals surface area contributed by atoms with Gasteiger partial charge in [0.05, 0.1) is 14.2 Å². The first-order chi connectivity index (χ1) is 13.5. The lowest BCUT2D eigenvalue weighted by atomic mass is 10.1. The molecule has 0 spiro atoms. The molecule has 1 amide bonds. The first-order valence-electron chi connectivity index (χ1n) is 8.79. The molecule has 0 aliphatic rings. The number of nitrogens with one attached hydrogen (secondary N) is 2. The van der Waals surface area contributed by atoms with Crippen LogP contribution in [0.5, 0.6) is 11.5 Å². The van der Waals surface area contributed by atoms with Crippen LogP contribution in [0.1, 0.15) is 36.9 Å². The van der Waals surface area contributed by atoms with Gasteiger partial charge in [-0.15, -0.1) is 0 Å². The number of hydrogen-bond donors (Lipinski definition) is 2. The molecule has 1 aromatic carbocycles. The Labute approximate surface area is 179 Å². The van der Waals surface area contributed by atoms with E-state index in [4.69, 9.17) is 13.9 Å². The molecule has 0 aliphatic heterocycles. The summed E-state index contributed by atoms with van der Waals surface area (Å²) in [5, 5.41) is 2.41. The van der Waals surface area contributed by atoms with Gasteiger partial charge in [-0.1, -0.05) is 15.9 Å². The number of hydrogen-bond acceptors (Lipinski definition) is 6. The van der Waals surface area contributed by atoms with Gasteiger partial charge in [-0.25, -0.2) is 13.1 Å². The molecule has 0 unspecified atom stereocenters. The molecule has 2 N–H and O–H groups in total. The van der Waals surface area contributed by atoms with Crippen molar-refractivity contribution in [2.45, 2.75) is 37.8 Å². The molecule has 8 nitrogen and oxygen atoms in total. The number of ether oxygens (including phenoxy) is 2. The largest absolute Gasteiger partial charge is 0.493 e. The third-order valence-corrected chi connectivity index (χ3v) is 6.11. The topological polar surface area (TPSA) is 107 Å². The molecule has 0 bridgehead atoms. The summed E-state index contributed by atoms with van der Waals surface area (Å²) in [5.41, 5.74) is 0.251. The van der Waals surface area contributed by atoms with E-state index in [1.54, 1.807) is 41.1 Å². The third kappa shape index (κ3) is 6.22. The summed E-state index contributed by atoms with van der Waals surface area (Å²) in [6.07, 6.45) is 0.518. The monoisotopic (exact) mass is 488 g/mol. The lowest BCUT2D eigenvalue weighted by Crippen LogP contribution is -2.40. The fourth-order valence-corrected chi connectivity index (χ4v) is 4.40. The van der Waals surface area contributed by atoms with Crippen molar-refractivity contribution < 1.29 is 27.1 Å². The number of benzene rings is 1. The predicted molar refractivity (Wildman–Crippen MR) is 112 cm³/mol. The van der Waals surface area contributed by atoms with Crippen molar-refractivity contribution in [2.75, 3.05) is 20.8 Å². The Hall–Kier alpha value is -2.04. The number of furan rings is 1. The quantitative estimate of drug-likeness (QED) is 0.590. The molecular formula is C19H25BrN2O6S. The van der Waals surface area contributed by atoms with Crippen LogP contribution in [0.3, 0.4) is 0 Å². The molecule has 10 heteroatoms. The molecule has 0 saturated heterocycles. The van der Waals surface area contributed by atoms with Crippen molar-refractivity contribution >= 4 is 31.9 Å². The van der Waals surface area contributed by atoms with Crippen LogP contribution < -0.4 is 19.5 Å². The van der Waals surface area contributed by atoms with Gasteiger partial charge in [-0.3, -0.25) is 4.79 Å². The van der Waals surface area contributed by atoms with Gasteiger partial charge < -0.3 is 19.2 Å². The van der Waals surface area contributed by atoms with Crippen LogP contribution in [0, 0.1) is 0 Å². The summed E-state index contributed by atoms with van der Waals surface area (Å²) >= 11 is 3.47. The van der Waals surface area contributed by atoms with E-state index in [0.717, 1.165) is 10.0 Å². The number of methoxy groups -OCH3 is 2. The van der Waals surface area contributed by atoms with Crippen molar-refractivity contribution in [3.63, 3.8) is 0 Å². The van der Waals surface area contributed by atoms with Gasteiger partial charge in [0, 0.05) is 16.6 Å². The van der Waals surface area contributed by atoms with Crippen LogP contribution in [-0.2, 0) is 16.4 Å². The highest BCUT2D eigenvalue weighted by Crippen LogP contribution is 2.33. The Bertz CT molecular complexity index is 979. The van der Waals surface area contributed by atoms with E-state index in [0.29, 0.717) is 24.5 Å². The van der Waals surface area contributed by atoms with Gasteiger partial charge in [0.1, 0.15) is 0 Å². The standard InChI is InChI=1S/C19H25BrN2O6S/c1-19(2,3)22-29(24,25)17-7-6-14(28-17)18(23)21-9-8-12-10-15(26-4)16(27-5)11-13(12)20/h6-7,10-11,22H,8-9H2,1-5H3,(H,21,23). The van der Waals surface area contributed by atoms with Crippen molar-refractivity contribution in [1.29, 1.82) is 0 Å². The van der Waals surface area contributed by atoms with Crippen LogP contribution >= 0.6 is 15.9 Å². The highest BCUT2D eigenvalue weighted by Gasteiger charge is 2.26. The van der Waals surface area contributed by atoms with Crippen molar-refractivity contribution in [3.05, 3.63) is 40.1 Å². The average molecular weight is 489 g/mol. The second-order valence-corrected chi connectivity index (χ2v) is 9.75. The van der Waals surface area contributed by atoms with Crippen molar-refractivity contribution in [1.82, 2.24) is 10.0 Å². The lowest BCUT2D eigenvalue weighted by Gasteiger charge is -2.18. The van der Waals surface area contributed by atoms with E-state index in [9.17, 15) is 13.2 Å². The maximum absolute atomic E-state index is 12.3. The van der Waals surface area contributed by atoms with Crippen LogP contribution in [0.15, 0.2) is 38.2 Å². The molecule has 2 rings (SSSR count). The summed E-state index contributed by atoms with van der Waals surface area (Å²) in [7, 11) is -0.738. The third-order valence-electron chi connectivity index (χ3n) is 3.74. The van der Waals surface area contributed by atoms with E-state index >= 15 is 0 Å². The second-order valence-electron chi connectivity index (χ2n) is 7.28. The molecule has 0 aliphatic carbocycles. The van der Waals surface area contributed by atoms with Gasteiger partial charge >= 0.3 is 0 Å². The number of carbonyl (C=O) groups is 1. The van der Waals surface area contributed by atoms with Gasteiger partial charge in [0.2, 0.25) is 5.09 Å². The number of rotatable bonds is 8. The molecule has 1 aromatic heterocycles. The zero-order chi connectivity index (χ0) is 21.8. The molecule has 0 radical (unpaired) electrons. The van der Waals surface area contributed by atoms with E-state index in [-0.39, 0.29) is 10.9 Å². The van der Waals surface area contributed by atoms with E-state index in [2.05, 4.69) is 26.0 Å². The van der Waals surface area contributed by atoms with Crippen LogP contribution in [0.25, 0.3) is 0 Å². The van der Waals surface area contributed by atoms with Crippen molar-refractivity contribution in [3.8, 4) is 11.5 Å². The fourth-order valence-electron chi connectivity index (χ4n) is 2.53. The number of halogens is 1. The Morgan fingerprint density at radius 2 is 1.76 bits per heavy atom. The lowest BCUT2D eigenvalue weighted by molar-refractivity contribution is 0.0921. The fraction of sp³-hybridized carbons (Fsp3) is 0.421. The van der Waals surface area contributed by atoms with Crippen molar-refractivity contribution in [2.24, 2.45) is 0 Å². The SMILES string of the molecule is COc1cc(Br)c(CCNC(=O)c2ccc(S(=O)(=O)NC(C)(C)C)o2)cc1OC. The van der Waals surface area contributed by atoms with Crippen LogP contribution in [0.2, 0.25) is 0 Å². The molecule has 2 aromatic rings. The summed E-state index contributed by atoms with van der Waals surface area (Å²) in [6, 6.07) is 6.21. The van der Waals surface area contributed by atoms with Gasteiger partial charge in [0.25, 0.3) is 15.9 Å². The minimum absolute atomic E-state index is 0.0781. The Kier molecular flexibility index (Phi) is 7.36. The minimum Gasteiger partial charge on any atom is -0.493 e. The molecule has 1 heterocycles. The number of amides is 1. The molecule has 0 atom stereocenters. The van der Waals surface area contributed by atoms with E-state index < -0.39 is 21.5 Å². The maximum Gasteiger partial charge on any atom is 0.287 e.